The monoisotopic (exact) mass is 295 g/mol. The number of H-pyrrole nitrogens is 1. The van der Waals surface area contributed by atoms with Crippen LogP contribution in [-0.2, 0) is 10.0 Å². The van der Waals surface area contributed by atoms with Gasteiger partial charge in [-0.25, -0.2) is 18.1 Å². The molecule has 0 bridgehead atoms. The average Bonchev–Trinajstić information content (AvgIpc) is 2.78. The summed E-state index contributed by atoms with van der Waals surface area (Å²) in [6.45, 7) is 5.81. The van der Waals surface area contributed by atoms with E-state index in [2.05, 4.69) is 14.7 Å². The van der Waals surface area contributed by atoms with Gasteiger partial charge in [-0.1, -0.05) is 19.9 Å². The van der Waals surface area contributed by atoms with Gasteiger partial charge in [-0.15, -0.1) is 0 Å². The minimum absolute atomic E-state index is 0.142. The molecule has 0 saturated carbocycles. The van der Waals surface area contributed by atoms with E-state index in [1.807, 2.05) is 39.0 Å². The van der Waals surface area contributed by atoms with Gasteiger partial charge in [0.25, 0.3) is 0 Å². The summed E-state index contributed by atoms with van der Waals surface area (Å²) >= 11 is 0. The van der Waals surface area contributed by atoms with Crippen LogP contribution >= 0.6 is 0 Å². The van der Waals surface area contributed by atoms with Gasteiger partial charge in [0.2, 0.25) is 10.0 Å². The van der Waals surface area contributed by atoms with E-state index in [0.717, 1.165) is 16.6 Å². The number of benzene rings is 1. The van der Waals surface area contributed by atoms with Crippen molar-refractivity contribution in [1.82, 2.24) is 14.7 Å². The lowest BCUT2D eigenvalue weighted by Crippen LogP contribution is -2.30. The van der Waals surface area contributed by atoms with E-state index >= 15 is 0 Å². The Hall–Kier alpha value is -1.40. The third-order valence-corrected chi connectivity index (χ3v) is 4.78. The molecular formula is C14H21N3O2S. The number of aromatic nitrogens is 2. The Morgan fingerprint density at radius 2 is 2.10 bits per heavy atom. The van der Waals surface area contributed by atoms with Crippen molar-refractivity contribution in [1.29, 1.82) is 0 Å². The smallest absolute Gasteiger partial charge is 0.212 e. The van der Waals surface area contributed by atoms with Crippen molar-refractivity contribution in [2.24, 2.45) is 0 Å². The topological polar surface area (TPSA) is 74.8 Å². The van der Waals surface area contributed by atoms with Crippen LogP contribution in [-0.4, -0.2) is 24.1 Å². The predicted octanol–water partition coefficient (Wildman–Crippen LogP) is 2.65. The predicted molar refractivity (Wildman–Crippen MR) is 81.1 cm³/mol. The maximum atomic E-state index is 11.9. The fourth-order valence-electron chi connectivity index (χ4n) is 2.19. The van der Waals surface area contributed by atoms with Gasteiger partial charge in [-0.05, 0) is 37.5 Å². The Morgan fingerprint density at radius 3 is 2.75 bits per heavy atom. The van der Waals surface area contributed by atoms with E-state index < -0.39 is 10.0 Å². The fourth-order valence-corrected chi connectivity index (χ4v) is 3.55. The normalized spacial score (nSPS) is 13.8. The SMILES string of the molecule is CCCS(=O)(=O)NC(CC)c1nc2ccc(C)cc2[nH]1. The maximum absolute atomic E-state index is 11.9. The average molecular weight is 295 g/mol. The summed E-state index contributed by atoms with van der Waals surface area (Å²) < 4.78 is 26.5. The molecule has 110 valence electrons. The number of aromatic amines is 1. The molecular weight excluding hydrogens is 274 g/mol. The molecule has 1 atom stereocenters. The van der Waals surface area contributed by atoms with E-state index in [1.165, 1.54) is 0 Å². The molecule has 20 heavy (non-hydrogen) atoms. The molecule has 0 aliphatic heterocycles. The Bertz CT molecular complexity index is 692. The lowest BCUT2D eigenvalue weighted by molar-refractivity contribution is 0.539. The lowest BCUT2D eigenvalue weighted by atomic mass is 10.2. The number of sulfonamides is 1. The zero-order valence-electron chi connectivity index (χ0n) is 12.1. The first-order valence-corrected chi connectivity index (χ1v) is 8.56. The number of hydrogen-bond acceptors (Lipinski definition) is 3. The van der Waals surface area contributed by atoms with Crippen molar-refractivity contribution in [2.75, 3.05) is 5.75 Å². The molecule has 1 aromatic carbocycles. The minimum Gasteiger partial charge on any atom is -0.341 e. The standard InChI is InChI=1S/C14H21N3O2S/c1-4-8-20(18,19)17-11(5-2)14-15-12-7-6-10(3)9-13(12)16-14/h6-7,9,11,17H,4-5,8H2,1-3H3,(H,15,16). The van der Waals surface area contributed by atoms with Crippen LogP contribution in [0, 0.1) is 6.92 Å². The number of aryl methyl sites for hydroxylation is 1. The first-order valence-electron chi connectivity index (χ1n) is 6.91. The number of fused-ring (bicyclic) bond motifs is 1. The van der Waals surface area contributed by atoms with Gasteiger partial charge in [0.05, 0.1) is 22.8 Å². The van der Waals surface area contributed by atoms with Crippen LogP contribution in [0.4, 0.5) is 0 Å². The second kappa shape index (κ2) is 5.93. The van der Waals surface area contributed by atoms with Gasteiger partial charge in [0.15, 0.2) is 0 Å². The number of rotatable bonds is 6. The van der Waals surface area contributed by atoms with Crippen LogP contribution in [0.5, 0.6) is 0 Å². The molecule has 0 aliphatic carbocycles. The molecule has 2 N–H and O–H groups in total. The molecule has 2 aromatic rings. The van der Waals surface area contributed by atoms with Gasteiger partial charge in [-0.3, -0.25) is 0 Å². The van der Waals surface area contributed by atoms with E-state index in [4.69, 9.17) is 0 Å². The van der Waals surface area contributed by atoms with E-state index in [0.29, 0.717) is 18.7 Å². The van der Waals surface area contributed by atoms with Gasteiger partial charge in [-0.2, -0.15) is 0 Å². The molecule has 0 fully saturated rings. The van der Waals surface area contributed by atoms with Crippen LogP contribution in [0.15, 0.2) is 18.2 Å². The van der Waals surface area contributed by atoms with Crippen LogP contribution in [0.2, 0.25) is 0 Å². The zero-order chi connectivity index (χ0) is 14.8. The van der Waals surface area contributed by atoms with Gasteiger partial charge >= 0.3 is 0 Å². The Kier molecular flexibility index (Phi) is 4.45. The molecule has 1 aromatic heterocycles. The largest absolute Gasteiger partial charge is 0.341 e. The van der Waals surface area contributed by atoms with Crippen molar-refractivity contribution in [3.05, 3.63) is 29.6 Å². The van der Waals surface area contributed by atoms with E-state index in [9.17, 15) is 8.42 Å². The molecule has 1 heterocycles. The van der Waals surface area contributed by atoms with Crippen molar-refractivity contribution in [3.8, 4) is 0 Å². The van der Waals surface area contributed by atoms with Crippen LogP contribution in [0.1, 0.15) is 44.1 Å². The van der Waals surface area contributed by atoms with E-state index in [-0.39, 0.29) is 11.8 Å². The van der Waals surface area contributed by atoms with Gasteiger partial charge < -0.3 is 4.98 Å². The zero-order valence-corrected chi connectivity index (χ0v) is 12.9. The summed E-state index contributed by atoms with van der Waals surface area (Å²) in [6, 6.07) is 5.64. The number of nitrogens with zero attached hydrogens (tertiary/aromatic N) is 1. The highest BCUT2D eigenvalue weighted by Crippen LogP contribution is 2.20. The molecule has 0 radical (unpaired) electrons. The first kappa shape index (κ1) is 15.0. The van der Waals surface area contributed by atoms with Gasteiger partial charge in [0.1, 0.15) is 5.82 Å². The highest BCUT2D eigenvalue weighted by molar-refractivity contribution is 7.89. The maximum Gasteiger partial charge on any atom is 0.212 e. The molecule has 0 saturated heterocycles. The van der Waals surface area contributed by atoms with Crippen molar-refractivity contribution in [3.63, 3.8) is 0 Å². The quantitative estimate of drug-likeness (QED) is 0.860. The Morgan fingerprint density at radius 1 is 1.35 bits per heavy atom. The highest BCUT2D eigenvalue weighted by Gasteiger charge is 2.20. The van der Waals surface area contributed by atoms with E-state index in [1.54, 1.807) is 0 Å². The molecule has 2 rings (SSSR count). The molecule has 0 amide bonds. The van der Waals surface area contributed by atoms with Gasteiger partial charge in [0, 0.05) is 0 Å². The second-order valence-electron chi connectivity index (χ2n) is 5.04. The van der Waals surface area contributed by atoms with Crippen molar-refractivity contribution in [2.45, 2.75) is 39.7 Å². The number of hydrogen-bond donors (Lipinski definition) is 2. The van der Waals surface area contributed by atoms with Crippen LogP contribution in [0.3, 0.4) is 0 Å². The molecule has 0 aliphatic rings. The second-order valence-corrected chi connectivity index (χ2v) is 6.91. The fraction of sp³-hybridized carbons (Fsp3) is 0.500. The third kappa shape index (κ3) is 3.37. The minimum atomic E-state index is -3.25. The molecule has 6 heteroatoms. The Labute approximate surface area is 119 Å². The Balaban J connectivity index is 2.30. The summed E-state index contributed by atoms with van der Waals surface area (Å²) in [6.07, 6.45) is 1.26. The summed E-state index contributed by atoms with van der Waals surface area (Å²) in [5.41, 5.74) is 2.94. The van der Waals surface area contributed by atoms with Crippen molar-refractivity contribution < 1.29 is 8.42 Å². The van der Waals surface area contributed by atoms with Crippen LogP contribution in [0.25, 0.3) is 11.0 Å². The number of imidazole rings is 1. The van der Waals surface area contributed by atoms with Crippen LogP contribution < -0.4 is 4.72 Å². The molecule has 5 nitrogen and oxygen atoms in total. The summed E-state index contributed by atoms with van der Waals surface area (Å²) in [5.74, 6) is 0.816. The number of nitrogens with one attached hydrogen (secondary N) is 2. The summed E-state index contributed by atoms with van der Waals surface area (Å²) in [5, 5.41) is 0. The highest BCUT2D eigenvalue weighted by atomic mass is 32.2. The third-order valence-electron chi connectivity index (χ3n) is 3.19. The lowest BCUT2D eigenvalue weighted by Gasteiger charge is -2.14. The van der Waals surface area contributed by atoms with Crippen molar-refractivity contribution >= 4 is 21.1 Å². The summed E-state index contributed by atoms with van der Waals surface area (Å²) in [4.78, 5) is 7.70. The molecule has 1 unspecified atom stereocenters. The first-order chi connectivity index (χ1) is 9.45. The molecule has 0 spiro atoms. The summed E-state index contributed by atoms with van der Waals surface area (Å²) in [7, 11) is -3.25.